The lowest BCUT2D eigenvalue weighted by Gasteiger charge is -2.01. The monoisotopic (exact) mass is 328 g/mol. The third-order valence-corrected chi connectivity index (χ3v) is 4.08. The van der Waals surface area contributed by atoms with E-state index in [-0.39, 0.29) is 11.7 Å². The van der Waals surface area contributed by atoms with Gasteiger partial charge < -0.3 is 9.15 Å². The number of hydrogen-bond acceptors (Lipinski definition) is 5. The number of anilines is 1. The number of ether oxygens (including phenoxy) is 1. The number of thiazole rings is 1. The lowest BCUT2D eigenvalue weighted by atomic mass is 10.1. The average molecular weight is 328 g/mol. The Balaban J connectivity index is 1.73. The first kappa shape index (κ1) is 15.5. The molecule has 118 valence electrons. The smallest absolute Gasteiger partial charge is 0.293 e. The van der Waals surface area contributed by atoms with Crippen LogP contribution < -0.4 is 5.32 Å². The van der Waals surface area contributed by atoms with Crippen LogP contribution in [0.4, 0.5) is 5.13 Å². The second-order valence-electron chi connectivity index (χ2n) is 5.01. The Hall–Kier alpha value is -2.44. The second-order valence-corrected chi connectivity index (χ2v) is 5.86. The number of benzene rings is 1. The van der Waals surface area contributed by atoms with E-state index in [0.29, 0.717) is 17.5 Å². The van der Waals surface area contributed by atoms with E-state index in [9.17, 15) is 4.79 Å². The van der Waals surface area contributed by atoms with Crippen molar-refractivity contribution in [2.24, 2.45) is 0 Å². The molecular weight excluding hydrogens is 312 g/mol. The van der Waals surface area contributed by atoms with Crippen molar-refractivity contribution >= 4 is 22.4 Å². The molecule has 0 atom stereocenters. The van der Waals surface area contributed by atoms with Gasteiger partial charge in [0.05, 0.1) is 5.69 Å². The van der Waals surface area contributed by atoms with Crippen LogP contribution in [0.25, 0.3) is 11.3 Å². The topological polar surface area (TPSA) is 64.4 Å². The number of rotatable bonds is 5. The Bertz CT molecular complexity index is 823. The minimum Gasteiger partial charge on any atom is -0.453 e. The molecule has 1 aromatic carbocycles. The summed E-state index contributed by atoms with van der Waals surface area (Å²) in [4.78, 5) is 16.6. The molecule has 2 heterocycles. The number of carbonyl (C=O) groups is 1. The van der Waals surface area contributed by atoms with E-state index in [4.69, 9.17) is 9.15 Å². The van der Waals surface area contributed by atoms with Crippen LogP contribution in [0, 0.1) is 6.92 Å². The van der Waals surface area contributed by atoms with Gasteiger partial charge in [0.2, 0.25) is 0 Å². The van der Waals surface area contributed by atoms with Crippen molar-refractivity contribution < 1.29 is 13.9 Å². The summed E-state index contributed by atoms with van der Waals surface area (Å²) < 4.78 is 10.4. The van der Waals surface area contributed by atoms with Gasteiger partial charge in [0.15, 0.2) is 10.9 Å². The van der Waals surface area contributed by atoms with E-state index in [0.717, 1.165) is 16.8 Å². The van der Waals surface area contributed by atoms with Crippen molar-refractivity contribution in [1.29, 1.82) is 0 Å². The molecule has 0 radical (unpaired) electrons. The minimum absolute atomic E-state index is 0.240. The molecule has 6 heteroatoms. The zero-order chi connectivity index (χ0) is 16.2. The molecule has 0 unspecified atom stereocenters. The first-order chi connectivity index (χ1) is 11.2. The summed E-state index contributed by atoms with van der Waals surface area (Å²) in [6.45, 7) is 2.37. The second kappa shape index (κ2) is 6.76. The average Bonchev–Trinajstić information content (AvgIpc) is 3.18. The van der Waals surface area contributed by atoms with Gasteiger partial charge in [-0.2, -0.15) is 0 Å². The molecule has 3 rings (SSSR count). The van der Waals surface area contributed by atoms with E-state index in [2.05, 4.69) is 10.3 Å². The Morgan fingerprint density at radius 1 is 1.30 bits per heavy atom. The molecule has 0 aliphatic rings. The summed E-state index contributed by atoms with van der Waals surface area (Å²) in [6.07, 6.45) is 0. The zero-order valence-corrected chi connectivity index (χ0v) is 13.6. The first-order valence-electron chi connectivity index (χ1n) is 7.08. The molecule has 1 N–H and O–H groups in total. The van der Waals surface area contributed by atoms with Gasteiger partial charge in [0.1, 0.15) is 12.4 Å². The van der Waals surface area contributed by atoms with Gasteiger partial charge in [-0.05, 0) is 24.6 Å². The lowest BCUT2D eigenvalue weighted by molar-refractivity contribution is 0.0987. The van der Waals surface area contributed by atoms with Crippen molar-refractivity contribution in [3.8, 4) is 11.3 Å². The van der Waals surface area contributed by atoms with Crippen molar-refractivity contribution in [3.63, 3.8) is 0 Å². The van der Waals surface area contributed by atoms with Crippen LogP contribution in [-0.2, 0) is 11.3 Å². The van der Waals surface area contributed by atoms with Crippen molar-refractivity contribution in [1.82, 2.24) is 4.98 Å². The third kappa shape index (κ3) is 3.49. The normalized spacial score (nSPS) is 10.7. The molecule has 1 amide bonds. The maximum atomic E-state index is 12.2. The molecule has 0 saturated carbocycles. The predicted octanol–water partition coefficient (Wildman–Crippen LogP) is 4.11. The van der Waals surface area contributed by atoms with Gasteiger partial charge in [-0.1, -0.05) is 24.3 Å². The van der Waals surface area contributed by atoms with E-state index < -0.39 is 0 Å². The molecule has 0 spiro atoms. The highest BCUT2D eigenvalue weighted by atomic mass is 32.1. The van der Waals surface area contributed by atoms with Crippen molar-refractivity contribution in [2.75, 3.05) is 12.4 Å². The Kier molecular flexibility index (Phi) is 4.55. The van der Waals surface area contributed by atoms with Crippen LogP contribution in [0.15, 0.2) is 46.2 Å². The summed E-state index contributed by atoms with van der Waals surface area (Å²) in [7, 11) is 1.57. The van der Waals surface area contributed by atoms with Crippen LogP contribution in [0.5, 0.6) is 0 Å². The highest BCUT2D eigenvalue weighted by molar-refractivity contribution is 7.14. The fraction of sp³-hybridized carbons (Fsp3) is 0.176. The van der Waals surface area contributed by atoms with Gasteiger partial charge in [0.25, 0.3) is 5.91 Å². The van der Waals surface area contributed by atoms with E-state index in [1.807, 2.05) is 36.6 Å². The number of amides is 1. The maximum absolute atomic E-state index is 12.2. The number of methoxy groups -OCH3 is 1. The maximum Gasteiger partial charge on any atom is 0.293 e. The molecule has 0 saturated heterocycles. The first-order valence-corrected chi connectivity index (χ1v) is 7.96. The van der Waals surface area contributed by atoms with Gasteiger partial charge in [-0.25, -0.2) is 4.98 Å². The Morgan fingerprint density at radius 3 is 2.91 bits per heavy atom. The fourth-order valence-corrected chi connectivity index (χ4v) is 2.90. The van der Waals surface area contributed by atoms with Gasteiger partial charge in [0, 0.05) is 18.1 Å². The van der Waals surface area contributed by atoms with Crippen LogP contribution in [0.3, 0.4) is 0 Å². The van der Waals surface area contributed by atoms with E-state index in [1.54, 1.807) is 19.2 Å². The molecular formula is C17H16N2O3S. The molecule has 23 heavy (non-hydrogen) atoms. The van der Waals surface area contributed by atoms with Gasteiger partial charge >= 0.3 is 0 Å². The Morgan fingerprint density at radius 2 is 2.13 bits per heavy atom. The fourth-order valence-electron chi connectivity index (χ4n) is 2.19. The number of furan rings is 1. The third-order valence-electron chi connectivity index (χ3n) is 3.32. The van der Waals surface area contributed by atoms with Crippen molar-refractivity contribution in [2.45, 2.75) is 13.5 Å². The van der Waals surface area contributed by atoms with Gasteiger partial charge in [-0.15, -0.1) is 11.3 Å². The molecule has 0 aliphatic carbocycles. The summed E-state index contributed by atoms with van der Waals surface area (Å²) >= 11 is 1.38. The van der Waals surface area contributed by atoms with Crippen LogP contribution in [0.1, 0.15) is 21.9 Å². The number of nitrogens with zero attached hydrogens (tertiary/aromatic N) is 1. The number of hydrogen-bond donors (Lipinski definition) is 1. The molecule has 3 aromatic rings. The van der Waals surface area contributed by atoms with Crippen LogP contribution in [0.2, 0.25) is 0 Å². The molecule has 0 fully saturated rings. The summed E-state index contributed by atoms with van der Waals surface area (Å²) in [6, 6.07) is 11.4. The SMILES string of the molecule is COCc1ccc(C(=O)Nc2nc(-c3ccccc3C)cs2)o1. The number of carbonyl (C=O) groups excluding carboxylic acids is 1. The zero-order valence-electron chi connectivity index (χ0n) is 12.8. The van der Waals surface area contributed by atoms with Crippen molar-refractivity contribution in [3.05, 3.63) is 58.9 Å². The molecule has 0 aliphatic heterocycles. The summed E-state index contributed by atoms with van der Waals surface area (Å²) in [5, 5.41) is 5.22. The largest absolute Gasteiger partial charge is 0.453 e. The number of aryl methyl sites for hydroxylation is 1. The van der Waals surface area contributed by atoms with E-state index >= 15 is 0 Å². The predicted molar refractivity (Wildman–Crippen MR) is 89.7 cm³/mol. The van der Waals surface area contributed by atoms with Crippen LogP contribution >= 0.6 is 11.3 Å². The summed E-state index contributed by atoms with van der Waals surface area (Å²) in [5.74, 6) is 0.528. The number of nitrogens with one attached hydrogen (secondary N) is 1. The number of aromatic nitrogens is 1. The van der Waals surface area contributed by atoms with E-state index in [1.165, 1.54) is 11.3 Å². The standard InChI is InChI=1S/C17H16N2O3S/c1-11-5-3-4-6-13(11)14-10-23-17(18-14)19-16(20)15-8-7-12(22-15)9-21-2/h3-8,10H,9H2,1-2H3,(H,18,19,20). The highest BCUT2D eigenvalue weighted by Gasteiger charge is 2.14. The highest BCUT2D eigenvalue weighted by Crippen LogP contribution is 2.27. The minimum atomic E-state index is -0.321. The quantitative estimate of drug-likeness (QED) is 0.765. The van der Waals surface area contributed by atoms with Crippen LogP contribution in [-0.4, -0.2) is 18.0 Å². The lowest BCUT2D eigenvalue weighted by Crippen LogP contribution is -2.10. The Labute approximate surface area is 137 Å². The molecule has 0 bridgehead atoms. The van der Waals surface area contributed by atoms with Gasteiger partial charge in [-0.3, -0.25) is 10.1 Å². The summed E-state index contributed by atoms with van der Waals surface area (Å²) in [5.41, 5.74) is 3.05. The molecule has 5 nitrogen and oxygen atoms in total. The molecule has 2 aromatic heterocycles.